The molecule has 148 valence electrons. The average Bonchev–Trinajstić information content (AvgIpc) is 2.65. The molecule has 0 amide bonds. The van der Waals surface area contributed by atoms with Crippen LogP contribution in [0, 0.1) is 11.8 Å². The molecule has 4 atom stereocenters. The van der Waals surface area contributed by atoms with Gasteiger partial charge in [0.15, 0.2) is 0 Å². The van der Waals surface area contributed by atoms with E-state index >= 15 is 0 Å². The highest BCUT2D eigenvalue weighted by atomic mass is 16.5. The second kappa shape index (κ2) is 6.49. The Kier molecular flexibility index (Phi) is 4.32. The fourth-order valence-corrected chi connectivity index (χ4v) is 7.35. The Bertz CT molecular complexity index is 714. The molecule has 4 aliphatic rings. The summed E-state index contributed by atoms with van der Waals surface area (Å²) in [6, 6.07) is 7.37. The van der Waals surface area contributed by atoms with Gasteiger partial charge in [0.1, 0.15) is 5.75 Å². The van der Waals surface area contributed by atoms with Crippen LogP contribution < -0.4 is 4.74 Å². The van der Waals surface area contributed by atoms with E-state index in [0.29, 0.717) is 12.0 Å². The van der Waals surface area contributed by atoms with E-state index < -0.39 is 0 Å². The SMILES string of the molecule is COc1ccc2c(c1)[C@@]13CCC[C@@H](C)[C@]1(OC)[C@@H](C2)N(CC1CCC1)CC3. The summed E-state index contributed by atoms with van der Waals surface area (Å²) in [7, 11) is 3.79. The van der Waals surface area contributed by atoms with E-state index in [0.717, 1.165) is 18.1 Å². The number of ether oxygens (including phenoxy) is 2. The molecule has 1 heterocycles. The molecule has 3 heteroatoms. The van der Waals surface area contributed by atoms with Crippen LogP contribution in [-0.2, 0) is 16.6 Å². The first-order chi connectivity index (χ1) is 13.1. The summed E-state index contributed by atoms with van der Waals surface area (Å²) in [4.78, 5) is 2.83. The van der Waals surface area contributed by atoms with Crippen LogP contribution in [0.2, 0.25) is 0 Å². The van der Waals surface area contributed by atoms with Crippen LogP contribution in [0.1, 0.15) is 63.0 Å². The molecular weight excluding hydrogens is 334 g/mol. The van der Waals surface area contributed by atoms with Gasteiger partial charge in [-0.05, 0) is 80.2 Å². The lowest BCUT2D eigenvalue weighted by Crippen LogP contribution is -2.76. The number of piperidine rings is 1. The molecule has 0 spiro atoms. The number of hydrogen-bond donors (Lipinski definition) is 0. The van der Waals surface area contributed by atoms with Crippen molar-refractivity contribution in [1.82, 2.24) is 4.90 Å². The van der Waals surface area contributed by atoms with Crippen LogP contribution in [0.4, 0.5) is 0 Å². The van der Waals surface area contributed by atoms with Gasteiger partial charge >= 0.3 is 0 Å². The van der Waals surface area contributed by atoms with Gasteiger partial charge in [-0.15, -0.1) is 0 Å². The molecule has 0 aromatic heterocycles. The van der Waals surface area contributed by atoms with Crippen molar-refractivity contribution in [3.05, 3.63) is 29.3 Å². The van der Waals surface area contributed by atoms with Gasteiger partial charge in [0.2, 0.25) is 0 Å². The summed E-state index contributed by atoms with van der Waals surface area (Å²) >= 11 is 0. The third kappa shape index (κ3) is 2.34. The quantitative estimate of drug-likeness (QED) is 0.776. The second-order valence-corrected chi connectivity index (χ2v) is 9.66. The Morgan fingerprint density at radius 2 is 1.96 bits per heavy atom. The molecule has 2 saturated carbocycles. The van der Waals surface area contributed by atoms with Gasteiger partial charge in [0, 0.05) is 25.1 Å². The van der Waals surface area contributed by atoms with Crippen molar-refractivity contribution in [3.63, 3.8) is 0 Å². The molecule has 1 aliphatic heterocycles. The lowest BCUT2D eigenvalue weighted by atomic mass is 9.46. The average molecular weight is 370 g/mol. The van der Waals surface area contributed by atoms with Crippen LogP contribution in [-0.4, -0.2) is 43.9 Å². The highest BCUT2D eigenvalue weighted by Gasteiger charge is 2.67. The predicted molar refractivity (Wildman–Crippen MR) is 108 cm³/mol. The Balaban J connectivity index is 1.64. The molecular formula is C24H35NO2. The first kappa shape index (κ1) is 18.0. The van der Waals surface area contributed by atoms with Gasteiger partial charge in [-0.3, -0.25) is 4.90 Å². The number of fused-ring (bicyclic) bond motifs is 1. The van der Waals surface area contributed by atoms with E-state index in [1.165, 1.54) is 63.6 Å². The molecule has 0 unspecified atom stereocenters. The standard InChI is InChI=1S/C24H35NO2/c1-17-6-5-11-23-12-13-25(16-18-7-4-8-18)22(24(17,23)27-3)14-19-9-10-20(26-2)15-21(19)23/h9-10,15,17-18,22H,4-8,11-14,16H2,1-3H3/t17-,22-,23+,24+/m1/s1. The Morgan fingerprint density at radius 1 is 1.11 bits per heavy atom. The van der Waals surface area contributed by atoms with E-state index in [1.54, 1.807) is 12.7 Å². The lowest BCUT2D eigenvalue weighted by Gasteiger charge is -2.67. The molecule has 3 fully saturated rings. The minimum absolute atomic E-state index is 0.0490. The van der Waals surface area contributed by atoms with E-state index in [-0.39, 0.29) is 11.0 Å². The van der Waals surface area contributed by atoms with Crippen molar-refractivity contribution in [2.45, 2.75) is 75.3 Å². The van der Waals surface area contributed by atoms with Gasteiger partial charge in [-0.25, -0.2) is 0 Å². The normalized spacial score (nSPS) is 38.6. The summed E-state index contributed by atoms with van der Waals surface area (Å²) in [5, 5.41) is 0. The highest BCUT2D eigenvalue weighted by molar-refractivity contribution is 5.49. The van der Waals surface area contributed by atoms with E-state index in [2.05, 4.69) is 30.0 Å². The first-order valence-corrected chi connectivity index (χ1v) is 11.1. The van der Waals surface area contributed by atoms with Gasteiger partial charge < -0.3 is 9.47 Å². The van der Waals surface area contributed by atoms with Crippen molar-refractivity contribution < 1.29 is 9.47 Å². The van der Waals surface area contributed by atoms with Crippen molar-refractivity contribution in [3.8, 4) is 5.75 Å². The monoisotopic (exact) mass is 369 g/mol. The van der Waals surface area contributed by atoms with Crippen molar-refractivity contribution in [2.75, 3.05) is 27.3 Å². The summed E-state index contributed by atoms with van der Waals surface area (Å²) in [6.07, 6.45) is 10.5. The largest absolute Gasteiger partial charge is 0.497 e. The zero-order valence-corrected chi connectivity index (χ0v) is 17.3. The zero-order chi connectivity index (χ0) is 18.6. The number of likely N-dealkylation sites (tertiary alicyclic amines) is 1. The second-order valence-electron chi connectivity index (χ2n) is 9.66. The van der Waals surface area contributed by atoms with Crippen LogP contribution in [0.25, 0.3) is 0 Å². The van der Waals surface area contributed by atoms with Crippen LogP contribution in [0.3, 0.4) is 0 Å². The molecule has 3 nitrogen and oxygen atoms in total. The van der Waals surface area contributed by atoms with Crippen LogP contribution in [0.15, 0.2) is 18.2 Å². The summed E-state index contributed by atoms with van der Waals surface area (Å²) in [5.74, 6) is 2.52. The van der Waals surface area contributed by atoms with Gasteiger partial charge in [-0.2, -0.15) is 0 Å². The number of hydrogen-bond acceptors (Lipinski definition) is 3. The smallest absolute Gasteiger partial charge is 0.119 e. The molecule has 27 heavy (non-hydrogen) atoms. The summed E-state index contributed by atoms with van der Waals surface area (Å²) in [5.41, 5.74) is 3.19. The molecule has 1 aromatic rings. The predicted octanol–water partition coefficient (Wildman–Crippen LogP) is 4.57. The molecule has 0 radical (unpaired) electrons. The third-order valence-corrected chi connectivity index (χ3v) is 8.78. The zero-order valence-electron chi connectivity index (χ0n) is 17.3. The minimum atomic E-state index is -0.0490. The maximum Gasteiger partial charge on any atom is 0.119 e. The van der Waals surface area contributed by atoms with Gasteiger partial charge in [-0.1, -0.05) is 25.8 Å². The number of nitrogens with zero attached hydrogens (tertiary/aromatic N) is 1. The van der Waals surface area contributed by atoms with Crippen molar-refractivity contribution in [2.24, 2.45) is 11.8 Å². The van der Waals surface area contributed by atoms with Crippen molar-refractivity contribution >= 4 is 0 Å². The fraction of sp³-hybridized carbons (Fsp3) is 0.750. The van der Waals surface area contributed by atoms with E-state index in [9.17, 15) is 0 Å². The molecule has 5 rings (SSSR count). The Labute approximate surface area is 164 Å². The number of rotatable bonds is 4. The summed E-state index contributed by atoms with van der Waals surface area (Å²) in [6.45, 7) is 4.97. The first-order valence-electron chi connectivity index (χ1n) is 11.1. The Hall–Kier alpha value is -1.06. The van der Waals surface area contributed by atoms with Crippen molar-refractivity contribution in [1.29, 1.82) is 0 Å². The van der Waals surface area contributed by atoms with Gasteiger partial charge in [0.05, 0.1) is 12.7 Å². The van der Waals surface area contributed by atoms with Crippen LogP contribution in [0.5, 0.6) is 5.75 Å². The third-order valence-electron chi connectivity index (χ3n) is 8.78. The van der Waals surface area contributed by atoms with Gasteiger partial charge in [0.25, 0.3) is 0 Å². The number of methoxy groups -OCH3 is 2. The molecule has 2 bridgehead atoms. The maximum atomic E-state index is 6.66. The maximum absolute atomic E-state index is 6.66. The van der Waals surface area contributed by atoms with E-state index in [4.69, 9.17) is 9.47 Å². The molecule has 1 aromatic carbocycles. The summed E-state index contributed by atoms with van der Waals surface area (Å²) < 4.78 is 12.3. The molecule has 0 N–H and O–H groups in total. The fourth-order valence-electron chi connectivity index (χ4n) is 7.35. The minimum Gasteiger partial charge on any atom is -0.497 e. The van der Waals surface area contributed by atoms with Crippen LogP contribution >= 0.6 is 0 Å². The lowest BCUT2D eigenvalue weighted by molar-refractivity contribution is -0.213. The molecule has 1 saturated heterocycles. The highest BCUT2D eigenvalue weighted by Crippen LogP contribution is 2.62. The molecule has 3 aliphatic carbocycles. The number of benzene rings is 1. The van der Waals surface area contributed by atoms with E-state index in [1.807, 2.05) is 7.11 Å². The Morgan fingerprint density at radius 3 is 2.67 bits per heavy atom. The topological polar surface area (TPSA) is 21.7 Å².